The Morgan fingerprint density at radius 3 is 2.32 bits per heavy atom. The summed E-state index contributed by atoms with van der Waals surface area (Å²) in [5.41, 5.74) is 0.338. The number of sulfonamides is 1. The van der Waals surface area contributed by atoms with E-state index in [4.69, 9.17) is 10.00 Å². The van der Waals surface area contributed by atoms with Gasteiger partial charge in [-0.25, -0.2) is 8.42 Å². The number of carbonyl (C=O) groups is 1. The van der Waals surface area contributed by atoms with Crippen LogP contribution in [-0.4, -0.2) is 56.8 Å². The maximum absolute atomic E-state index is 13.2. The van der Waals surface area contributed by atoms with Crippen LogP contribution >= 0.6 is 0 Å². The average Bonchev–Trinajstić information content (AvgIpc) is 3.03. The highest BCUT2D eigenvalue weighted by Crippen LogP contribution is 2.30. The van der Waals surface area contributed by atoms with Crippen molar-refractivity contribution in [3.63, 3.8) is 0 Å². The molecule has 0 saturated carbocycles. The molecule has 7 nitrogen and oxygen atoms in total. The molecule has 0 N–H and O–H groups in total. The van der Waals surface area contributed by atoms with Crippen molar-refractivity contribution in [1.82, 2.24) is 9.21 Å². The Morgan fingerprint density at radius 1 is 1.11 bits per heavy atom. The van der Waals surface area contributed by atoms with Gasteiger partial charge in [-0.2, -0.15) is 9.57 Å². The average molecular weight is 406 g/mol. The molecule has 2 aliphatic rings. The van der Waals surface area contributed by atoms with Gasteiger partial charge in [0.05, 0.1) is 13.2 Å². The molecule has 28 heavy (non-hydrogen) atoms. The van der Waals surface area contributed by atoms with Crippen LogP contribution in [0.2, 0.25) is 0 Å². The van der Waals surface area contributed by atoms with E-state index in [-0.39, 0.29) is 22.5 Å². The minimum Gasteiger partial charge on any atom is -0.495 e. The highest BCUT2D eigenvalue weighted by atomic mass is 32.2. The summed E-state index contributed by atoms with van der Waals surface area (Å²) in [7, 11) is -2.30. The number of methoxy groups -OCH3 is 1. The van der Waals surface area contributed by atoms with Crippen LogP contribution in [-0.2, 0) is 10.0 Å². The third kappa shape index (κ3) is 4.31. The number of hydrogen-bond acceptors (Lipinski definition) is 5. The number of likely N-dealkylation sites (tertiary alicyclic amines) is 1. The molecular weight excluding hydrogens is 378 g/mol. The van der Waals surface area contributed by atoms with Crippen molar-refractivity contribution in [3.05, 3.63) is 23.8 Å². The first-order valence-electron chi connectivity index (χ1n) is 9.84. The number of nitrogens with zero attached hydrogens (tertiary/aromatic N) is 3. The lowest BCUT2D eigenvalue weighted by Gasteiger charge is -2.29. The molecule has 2 aliphatic heterocycles. The Morgan fingerprint density at radius 2 is 1.75 bits per heavy atom. The van der Waals surface area contributed by atoms with Crippen LogP contribution in [0.3, 0.4) is 0 Å². The molecule has 0 aliphatic carbocycles. The van der Waals surface area contributed by atoms with Crippen LogP contribution in [0.1, 0.15) is 48.9 Å². The van der Waals surface area contributed by atoms with E-state index in [0.717, 1.165) is 25.7 Å². The summed E-state index contributed by atoms with van der Waals surface area (Å²) < 4.78 is 33.3. The molecular formula is C20H27N3O4S. The molecule has 0 bridgehead atoms. The fourth-order valence-corrected chi connectivity index (χ4v) is 5.53. The summed E-state index contributed by atoms with van der Waals surface area (Å²) in [6.07, 6.45) is 5.04. The second-order valence-electron chi connectivity index (χ2n) is 7.38. The number of carbonyl (C=O) groups excluding carboxylic acids is 1. The SMILES string of the molecule is COc1ccc(C(=O)N2CCC(C#N)CC2)cc1S(=O)(=O)N1CCCCCC1. The Bertz CT molecular complexity index is 847. The standard InChI is InChI=1S/C20H27N3O4S/c1-27-18-7-6-17(20(24)22-12-8-16(15-21)9-13-22)14-19(18)28(25,26)23-10-4-2-3-5-11-23/h6-7,14,16H,2-5,8-13H2,1H3. The molecule has 0 aromatic heterocycles. The van der Waals surface area contributed by atoms with E-state index < -0.39 is 10.0 Å². The summed E-state index contributed by atoms with van der Waals surface area (Å²) in [5.74, 6) is 0.0363. The summed E-state index contributed by atoms with van der Waals surface area (Å²) in [4.78, 5) is 14.6. The molecule has 1 amide bonds. The van der Waals surface area contributed by atoms with Gasteiger partial charge in [0.25, 0.3) is 5.91 Å². The molecule has 0 spiro atoms. The Labute approximate surface area is 166 Å². The summed E-state index contributed by atoms with van der Waals surface area (Å²) in [6.45, 7) is 2.01. The number of hydrogen-bond donors (Lipinski definition) is 0. The van der Waals surface area contributed by atoms with Crippen LogP contribution in [0.4, 0.5) is 0 Å². The number of ether oxygens (including phenoxy) is 1. The third-order valence-corrected chi connectivity index (χ3v) is 7.48. The largest absolute Gasteiger partial charge is 0.495 e. The Balaban J connectivity index is 1.87. The van der Waals surface area contributed by atoms with Crippen molar-refractivity contribution in [1.29, 1.82) is 5.26 Å². The molecule has 2 heterocycles. The van der Waals surface area contributed by atoms with Crippen LogP contribution < -0.4 is 4.74 Å². The summed E-state index contributed by atoms with van der Waals surface area (Å²) in [5, 5.41) is 9.02. The normalized spacial score (nSPS) is 19.6. The third-order valence-electron chi connectivity index (χ3n) is 5.56. The molecule has 0 radical (unpaired) electrons. The molecule has 1 aromatic carbocycles. The van der Waals surface area contributed by atoms with E-state index in [0.29, 0.717) is 44.6 Å². The van der Waals surface area contributed by atoms with Gasteiger partial charge in [0.1, 0.15) is 10.6 Å². The highest BCUT2D eigenvalue weighted by Gasteiger charge is 2.30. The molecule has 8 heteroatoms. The predicted molar refractivity (Wildman–Crippen MR) is 104 cm³/mol. The maximum atomic E-state index is 13.2. The lowest BCUT2D eigenvalue weighted by molar-refractivity contribution is 0.0707. The number of nitriles is 1. The molecule has 152 valence electrons. The van der Waals surface area contributed by atoms with Crippen LogP contribution in [0.15, 0.2) is 23.1 Å². The van der Waals surface area contributed by atoms with Gasteiger partial charge in [-0.05, 0) is 43.9 Å². The summed E-state index contributed by atoms with van der Waals surface area (Å²) >= 11 is 0. The fourth-order valence-electron chi connectivity index (χ4n) is 3.83. The molecule has 0 unspecified atom stereocenters. The van der Waals surface area contributed by atoms with Crippen molar-refractivity contribution in [2.75, 3.05) is 33.3 Å². The van der Waals surface area contributed by atoms with Crippen molar-refractivity contribution in [2.24, 2.45) is 5.92 Å². The zero-order valence-electron chi connectivity index (χ0n) is 16.3. The smallest absolute Gasteiger partial charge is 0.253 e. The number of benzene rings is 1. The quantitative estimate of drug-likeness (QED) is 0.768. The van der Waals surface area contributed by atoms with Gasteiger partial charge < -0.3 is 9.64 Å². The van der Waals surface area contributed by atoms with E-state index in [1.807, 2.05) is 0 Å². The Kier molecular flexibility index (Phi) is 6.57. The highest BCUT2D eigenvalue weighted by molar-refractivity contribution is 7.89. The van der Waals surface area contributed by atoms with Crippen molar-refractivity contribution in [3.8, 4) is 11.8 Å². The Hall–Kier alpha value is -2.11. The van der Waals surface area contributed by atoms with Crippen molar-refractivity contribution >= 4 is 15.9 Å². The van der Waals surface area contributed by atoms with Gasteiger partial charge in [0.2, 0.25) is 10.0 Å². The van der Waals surface area contributed by atoms with Crippen molar-refractivity contribution < 1.29 is 17.9 Å². The maximum Gasteiger partial charge on any atom is 0.253 e. The molecule has 2 fully saturated rings. The molecule has 0 atom stereocenters. The van der Waals surface area contributed by atoms with Gasteiger partial charge >= 0.3 is 0 Å². The number of piperidine rings is 1. The van der Waals surface area contributed by atoms with E-state index >= 15 is 0 Å². The van der Waals surface area contributed by atoms with Gasteiger partial charge in [0, 0.05) is 37.7 Å². The van der Waals surface area contributed by atoms with E-state index in [1.165, 1.54) is 17.5 Å². The first-order valence-corrected chi connectivity index (χ1v) is 11.3. The zero-order chi connectivity index (χ0) is 20.1. The van der Waals surface area contributed by atoms with E-state index in [2.05, 4.69) is 6.07 Å². The predicted octanol–water partition coefficient (Wildman–Crippen LogP) is 2.64. The second kappa shape index (κ2) is 8.93. The number of rotatable bonds is 4. The number of amides is 1. The molecule has 1 aromatic rings. The topological polar surface area (TPSA) is 90.7 Å². The summed E-state index contributed by atoms with van der Waals surface area (Å²) in [6, 6.07) is 6.86. The minimum absolute atomic E-state index is 0.0149. The van der Waals surface area contributed by atoms with Gasteiger partial charge in [0.15, 0.2) is 0 Å². The zero-order valence-corrected chi connectivity index (χ0v) is 17.1. The fraction of sp³-hybridized carbons (Fsp3) is 0.600. The van der Waals surface area contributed by atoms with Gasteiger partial charge in [-0.1, -0.05) is 12.8 Å². The second-order valence-corrected chi connectivity index (χ2v) is 9.29. The van der Waals surface area contributed by atoms with Gasteiger partial charge in [-0.3, -0.25) is 4.79 Å². The van der Waals surface area contributed by atoms with E-state index in [9.17, 15) is 13.2 Å². The van der Waals surface area contributed by atoms with Crippen LogP contribution in [0, 0.1) is 17.2 Å². The lowest BCUT2D eigenvalue weighted by Crippen LogP contribution is -2.38. The van der Waals surface area contributed by atoms with Gasteiger partial charge in [-0.15, -0.1) is 0 Å². The van der Waals surface area contributed by atoms with Crippen LogP contribution in [0.25, 0.3) is 0 Å². The first-order chi connectivity index (χ1) is 13.5. The lowest BCUT2D eigenvalue weighted by atomic mass is 9.98. The van der Waals surface area contributed by atoms with Crippen LogP contribution in [0.5, 0.6) is 5.75 Å². The van der Waals surface area contributed by atoms with E-state index in [1.54, 1.807) is 17.0 Å². The monoisotopic (exact) mass is 405 g/mol. The minimum atomic E-state index is -3.73. The van der Waals surface area contributed by atoms with Crippen molar-refractivity contribution in [2.45, 2.75) is 43.4 Å². The first kappa shape index (κ1) is 20.6. The molecule has 2 saturated heterocycles. The molecule has 3 rings (SSSR count).